The number of carboxylic acids is 1. The number of aliphatic carboxylic acids is 1. The summed E-state index contributed by atoms with van der Waals surface area (Å²) in [5, 5.41) is 9.65. The summed E-state index contributed by atoms with van der Waals surface area (Å²) in [6.45, 7) is 4.66. The maximum Gasteiger partial charge on any atom is 0.362 e. The minimum absolute atomic E-state index is 0.0485. The highest BCUT2D eigenvalue weighted by Crippen LogP contribution is 2.14. The number of carboxylic acid groups (broad SMARTS) is 1. The topological polar surface area (TPSA) is 99.1 Å². The molecule has 0 amide bonds. The number of nitrogens with zero attached hydrogens (tertiary/aromatic N) is 1. The Labute approximate surface area is 381 Å². The van der Waals surface area contributed by atoms with Crippen LogP contribution in [0, 0.1) is 0 Å². The maximum absolute atomic E-state index is 12.8. The van der Waals surface area contributed by atoms with Gasteiger partial charge in [0.15, 0.2) is 12.1 Å². The zero-order valence-electron chi connectivity index (χ0n) is 40.6. The number of esters is 2. The van der Waals surface area contributed by atoms with Gasteiger partial charge in [-0.2, -0.15) is 0 Å². The van der Waals surface area contributed by atoms with Crippen LogP contribution in [-0.4, -0.2) is 80.6 Å². The number of quaternary nitrogens is 1. The molecule has 0 aromatic rings. The normalized spacial score (nSPS) is 13.5. The number of ether oxygens (including phenoxy) is 3. The Morgan fingerprint density at radius 2 is 0.855 bits per heavy atom. The first-order valence-corrected chi connectivity index (χ1v) is 25.0. The highest BCUT2D eigenvalue weighted by Gasteiger charge is 2.31. The van der Waals surface area contributed by atoms with E-state index in [0.29, 0.717) is 19.3 Å². The summed E-state index contributed by atoms with van der Waals surface area (Å²) < 4.78 is 17.3. The van der Waals surface area contributed by atoms with E-state index in [1.165, 1.54) is 77.0 Å². The first-order valence-electron chi connectivity index (χ1n) is 25.0. The largest absolute Gasteiger partial charge is 0.477 e. The van der Waals surface area contributed by atoms with Gasteiger partial charge in [0.25, 0.3) is 0 Å². The van der Waals surface area contributed by atoms with E-state index in [1.54, 1.807) is 0 Å². The van der Waals surface area contributed by atoms with Crippen molar-refractivity contribution in [1.29, 1.82) is 0 Å². The van der Waals surface area contributed by atoms with Crippen molar-refractivity contribution < 1.29 is 38.2 Å². The minimum atomic E-state index is -0.881. The predicted octanol–water partition coefficient (Wildman–Crippen LogP) is 14.3. The number of unbranched alkanes of at least 4 members (excludes halogenated alkanes) is 18. The Kier molecular flexibility index (Phi) is 42.1. The van der Waals surface area contributed by atoms with E-state index in [0.717, 1.165) is 89.9 Å². The van der Waals surface area contributed by atoms with Crippen molar-refractivity contribution in [1.82, 2.24) is 0 Å². The lowest BCUT2D eigenvalue weighted by atomic mass is 10.1. The van der Waals surface area contributed by atoms with Gasteiger partial charge in [0.05, 0.1) is 34.4 Å². The number of hydrogen-bond donors (Lipinski definition) is 1. The second-order valence-electron chi connectivity index (χ2n) is 17.7. The van der Waals surface area contributed by atoms with Gasteiger partial charge in [-0.15, -0.1) is 0 Å². The van der Waals surface area contributed by atoms with Crippen molar-refractivity contribution in [2.75, 3.05) is 41.0 Å². The highest BCUT2D eigenvalue weighted by molar-refractivity contribution is 5.72. The lowest BCUT2D eigenvalue weighted by molar-refractivity contribution is -0.887. The van der Waals surface area contributed by atoms with E-state index < -0.39 is 18.1 Å². The molecule has 0 aliphatic heterocycles. The minimum Gasteiger partial charge on any atom is -0.477 e. The van der Waals surface area contributed by atoms with Crippen molar-refractivity contribution in [2.45, 2.75) is 212 Å². The second-order valence-corrected chi connectivity index (χ2v) is 17.7. The third kappa shape index (κ3) is 42.1. The number of rotatable bonds is 44. The summed E-state index contributed by atoms with van der Waals surface area (Å²) in [4.78, 5) is 37.1. The van der Waals surface area contributed by atoms with E-state index in [9.17, 15) is 19.5 Å². The summed E-state index contributed by atoms with van der Waals surface area (Å²) in [6.07, 6.45) is 56.5. The zero-order chi connectivity index (χ0) is 45.6. The Morgan fingerprint density at radius 3 is 1.26 bits per heavy atom. The number of allylic oxidation sites excluding steroid dienone is 12. The van der Waals surface area contributed by atoms with Crippen molar-refractivity contribution in [3.05, 3.63) is 72.9 Å². The fourth-order valence-corrected chi connectivity index (χ4v) is 6.93. The fourth-order valence-electron chi connectivity index (χ4n) is 6.93. The van der Waals surface area contributed by atoms with Crippen molar-refractivity contribution >= 4 is 17.9 Å². The number of likely N-dealkylation sites (N-methyl/N-ethyl adjacent to an activating group) is 1. The van der Waals surface area contributed by atoms with Gasteiger partial charge in [0.1, 0.15) is 6.61 Å². The Balaban J connectivity index is 4.33. The van der Waals surface area contributed by atoms with E-state index in [2.05, 4.69) is 86.8 Å². The van der Waals surface area contributed by atoms with E-state index in [-0.39, 0.29) is 36.2 Å². The molecule has 8 nitrogen and oxygen atoms in total. The molecule has 2 unspecified atom stereocenters. The van der Waals surface area contributed by atoms with E-state index in [1.807, 2.05) is 21.1 Å². The Hall–Kier alpha value is -3.23. The van der Waals surface area contributed by atoms with Crippen LogP contribution in [0.2, 0.25) is 0 Å². The predicted molar refractivity (Wildman–Crippen MR) is 261 cm³/mol. The first-order chi connectivity index (χ1) is 30.1. The average Bonchev–Trinajstić information content (AvgIpc) is 3.23. The smallest absolute Gasteiger partial charge is 0.362 e. The number of carbonyl (C=O) groups is 3. The summed E-state index contributed by atoms with van der Waals surface area (Å²) in [5.74, 6) is -1.50. The Bertz CT molecular complexity index is 1240. The van der Waals surface area contributed by atoms with Gasteiger partial charge in [0, 0.05) is 19.3 Å². The van der Waals surface area contributed by atoms with Gasteiger partial charge in [-0.05, 0) is 89.9 Å². The Morgan fingerprint density at radius 1 is 0.484 bits per heavy atom. The molecule has 0 aliphatic carbocycles. The van der Waals surface area contributed by atoms with Crippen LogP contribution in [0.5, 0.6) is 0 Å². The summed E-state index contributed by atoms with van der Waals surface area (Å²) >= 11 is 0. The van der Waals surface area contributed by atoms with Crippen LogP contribution in [0.3, 0.4) is 0 Å². The third-order valence-corrected chi connectivity index (χ3v) is 10.8. The molecule has 0 aromatic heterocycles. The second kappa shape index (κ2) is 44.4. The summed E-state index contributed by atoms with van der Waals surface area (Å²) in [5.41, 5.74) is 0. The van der Waals surface area contributed by atoms with Gasteiger partial charge in [-0.1, -0.05) is 164 Å². The molecule has 0 aromatic carbocycles. The van der Waals surface area contributed by atoms with Crippen LogP contribution in [-0.2, 0) is 28.6 Å². The quantitative estimate of drug-likeness (QED) is 0.0282. The fraction of sp³-hybridized carbons (Fsp3) is 0.722. The van der Waals surface area contributed by atoms with Crippen LogP contribution in [0.15, 0.2) is 72.9 Å². The van der Waals surface area contributed by atoms with Gasteiger partial charge in [0.2, 0.25) is 0 Å². The van der Waals surface area contributed by atoms with Crippen molar-refractivity contribution in [2.24, 2.45) is 0 Å². The summed E-state index contributed by atoms with van der Waals surface area (Å²) in [6, 6.07) is -0.623. The van der Waals surface area contributed by atoms with Crippen molar-refractivity contribution in [3.8, 4) is 0 Å². The molecule has 0 spiro atoms. The molecule has 62 heavy (non-hydrogen) atoms. The number of hydrogen-bond acceptors (Lipinski definition) is 6. The number of carbonyl (C=O) groups excluding carboxylic acids is 2. The molecular formula is C54H94NO7+. The standard InChI is InChI=1S/C54H93NO7/c1-6-8-10-12-14-16-18-20-22-24-25-26-27-29-30-32-34-36-38-40-42-44-52(56)61-49-50(48-60-47-46-51(54(58)59)55(3,4)5)62-53(57)45-43-41-39-37-35-33-31-28-23-21-19-17-15-13-11-9-7-2/h14-17,20-23,25-26,29-30,50-51H,6-13,18-19,24,27-28,31-49H2,1-5H3/p+1/b16-14+,17-15+,22-20+,23-21+,26-25+,30-29+. The molecule has 0 rings (SSSR count). The molecule has 0 heterocycles. The SMILES string of the molecule is CCCCC/C=C/C/C=C/C/C=C/C/C=C/CCCCCCCC(=O)OCC(COCCC(C(=O)O)[N+](C)(C)C)OC(=O)CCCCCCCCC/C=C/C/C=C/CCCCC. The van der Waals surface area contributed by atoms with Crippen LogP contribution in [0.4, 0.5) is 0 Å². The lowest BCUT2D eigenvalue weighted by Crippen LogP contribution is -2.50. The van der Waals surface area contributed by atoms with Crippen LogP contribution < -0.4 is 0 Å². The van der Waals surface area contributed by atoms with E-state index >= 15 is 0 Å². The van der Waals surface area contributed by atoms with Crippen LogP contribution in [0.1, 0.15) is 200 Å². The maximum atomic E-state index is 12.8. The molecule has 356 valence electrons. The molecule has 0 saturated carbocycles. The molecule has 0 saturated heterocycles. The van der Waals surface area contributed by atoms with Gasteiger partial charge < -0.3 is 23.8 Å². The molecule has 1 N–H and O–H groups in total. The zero-order valence-corrected chi connectivity index (χ0v) is 40.6. The van der Waals surface area contributed by atoms with Gasteiger partial charge in [-0.3, -0.25) is 9.59 Å². The van der Waals surface area contributed by atoms with Crippen molar-refractivity contribution in [3.63, 3.8) is 0 Å². The third-order valence-electron chi connectivity index (χ3n) is 10.8. The molecule has 0 radical (unpaired) electrons. The van der Waals surface area contributed by atoms with Gasteiger partial charge in [-0.25, -0.2) is 4.79 Å². The monoisotopic (exact) mass is 869 g/mol. The summed E-state index contributed by atoms with van der Waals surface area (Å²) in [7, 11) is 5.52. The molecular weight excluding hydrogens is 775 g/mol. The molecule has 8 heteroatoms. The molecule has 0 aliphatic rings. The van der Waals surface area contributed by atoms with Gasteiger partial charge >= 0.3 is 17.9 Å². The van der Waals surface area contributed by atoms with Crippen LogP contribution in [0.25, 0.3) is 0 Å². The average molecular weight is 869 g/mol. The molecule has 2 atom stereocenters. The highest BCUT2D eigenvalue weighted by atomic mass is 16.6. The molecule has 0 fully saturated rings. The molecule has 0 bridgehead atoms. The first kappa shape index (κ1) is 58.8. The van der Waals surface area contributed by atoms with E-state index in [4.69, 9.17) is 14.2 Å². The lowest BCUT2D eigenvalue weighted by Gasteiger charge is -2.31. The van der Waals surface area contributed by atoms with Crippen LogP contribution >= 0.6 is 0 Å².